The standard InChI is InChI=1S/C15H21ClN2O/c1-3-18-10-8-14(9-11-18)17(2)15(19)12-4-6-13(16)7-5-12/h4-7,14H,3,8-11H2,1-2H3. The highest BCUT2D eigenvalue weighted by Crippen LogP contribution is 2.18. The van der Waals surface area contributed by atoms with Crippen LogP contribution < -0.4 is 0 Å². The van der Waals surface area contributed by atoms with Crippen molar-refractivity contribution in [3.05, 3.63) is 34.9 Å². The van der Waals surface area contributed by atoms with Crippen molar-refractivity contribution in [3.63, 3.8) is 0 Å². The maximum Gasteiger partial charge on any atom is 0.253 e. The molecule has 104 valence electrons. The molecule has 0 bridgehead atoms. The molecule has 0 saturated carbocycles. The molecule has 1 aliphatic heterocycles. The molecular formula is C15H21ClN2O. The van der Waals surface area contributed by atoms with Crippen LogP contribution in [0.25, 0.3) is 0 Å². The molecule has 1 amide bonds. The predicted octanol–water partition coefficient (Wildman–Crippen LogP) is 2.90. The second kappa shape index (κ2) is 6.40. The van der Waals surface area contributed by atoms with Crippen LogP contribution in [0, 0.1) is 0 Å². The number of amides is 1. The van der Waals surface area contributed by atoms with Crippen LogP contribution in [0.15, 0.2) is 24.3 Å². The lowest BCUT2D eigenvalue weighted by Gasteiger charge is -2.36. The third-order valence-electron chi connectivity index (χ3n) is 3.96. The van der Waals surface area contributed by atoms with Crippen molar-refractivity contribution in [2.45, 2.75) is 25.8 Å². The largest absolute Gasteiger partial charge is 0.339 e. The summed E-state index contributed by atoms with van der Waals surface area (Å²) in [5.74, 6) is 0.0895. The fraction of sp³-hybridized carbons (Fsp3) is 0.533. The summed E-state index contributed by atoms with van der Waals surface area (Å²) in [6.45, 7) is 5.45. The number of carbonyl (C=O) groups excluding carboxylic acids is 1. The fourth-order valence-electron chi connectivity index (χ4n) is 2.58. The van der Waals surface area contributed by atoms with Gasteiger partial charge in [-0.15, -0.1) is 0 Å². The van der Waals surface area contributed by atoms with Crippen LogP contribution in [-0.4, -0.2) is 48.4 Å². The summed E-state index contributed by atoms with van der Waals surface area (Å²) >= 11 is 5.85. The second-order valence-electron chi connectivity index (χ2n) is 5.09. The number of rotatable bonds is 3. The summed E-state index contributed by atoms with van der Waals surface area (Å²) < 4.78 is 0. The molecule has 1 fully saturated rings. The van der Waals surface area contributed by atoms with Crippen LogP contribution in [0.3, 0.4) is 0 Å². The van der Waals surface area contributed by atoms with Gasteiger partial charge in [0.15, 0.2) is 0 Å². The lowest BCUT2D eigenvalue weighted by Crippen LogP contribution is -2.45. The molecule has 0 atom stereocenters. The van der Waals surface area contributed by atoms with Crippen LogP contribution in [-0.2, 0) is 0 Å². The van der Waals surface area contributed by atoms with Crippen molar-refractivity contribution in [1.29, 1.82) is 0 Å². The lowest BCUT2D eigenvalue weighted by molar-refractivity contribution is 0.0647. The van der Waals surface area contributed by atoms with Gasteiger partial charge in [-0.05, 0) is 43.7 Å². The molecule has 3 nitrogen and oxygen atoms in total. The number of piperidine rings is 1. The number of hydrogen-bond acceptors (Lipinski definition) is 2. The quantitative estimate of drug-likeness (QED) is 0.850. The van der Waals surface area contributed by atoms with E-state index in [9.17, 15) is 4.79 Å². The molecule has 0 aliphatic carbocycles. The van der Waals surface area contributed by atoms with Gasteiger partial charge >= 0.3 is 0 Å². The van der Waals surface area contributed by atoms with Crippen molar-refractivity contribution < 1.29 is 4.79 Å². The average molecular weight is 281 g/mol. The highest BCUT2D eigenvalue weighted by Gasteiger charge is 2.25. The summed E-state index contributed by atoms with van der Waals surface area (Å²) in [5, 5.41) is 0.662. The Morgan fingerprint density at radius 1 is 1.32 bits per heavy atom. The maximum atomic E-state index is 12.4. The van der Waals surface area contributed by atoms with Gasteiger partial charge in [-0.2, -0.15) is 0 Å². The van der Waals surface area contributed by atoms with Crippen molar-refractivity contribution in [3.8, 4) is 0 Å². The summed E-state index contributed by atoms with van der Waals surface area (Å²) in [6, 6.07) is 7.47. The van der Waals surface area contributed by atoms with E-state index in [2.05, 4.69) is 11.8 Å². The number of hydrogen-bond donors (Lipinski definition) is 0. The molecule has 1 aromatic carbocycles. The Kier molecular flexibility index (Phi) is 4.83. The molecule has 0 N–H and O–H groups in total. The van der Waals surface area contributed by atoms with Crippen LogP contribution in [0.1, 0.15) is 30.1 Å². The van der Waals surface area contributed by atoms with Gasteiger partial charge in [0.25, 0.3) is 5.91 Å². The zero-order valence-corrected chi connectivity index (χ0v) is 12.4. The van der Waals surface area contributed by atoms with E-state index in [4.69, 9.17) is 11.6 Å². The Morgan fingerprint density at radius 2 is 1.89 bits per heavy atom. The lowest BCUT2D eigenvalue weighted by atomic mass is 10.0. The van der Waals surface area contributed by atoms with Gasteiger partial charge in [0.2, 0.25) is 0 Å². The Labute approximate surface area is 120 Å². The second-order valence-corrected chi connectivity index (χ2v) is 5.52. The van der Waals surface area contributed by atoms with Crippen LogP contribution in [0.2, 0.25) is 5.02 Å². The first-order chi connectivity index (χ1) is 9.11. The predicted molar refractivity (Wildman–Crippen MR) is 78.7 cm³/mol. The van der Waals surface area contributed by atoms with E-state index in [1.165, 1.54) is 0 Å². The van der Waals surface area contributed by atoms with E-state index in [0.29, 0.717) is 16.6 Å². The summed E-state index contributed by atoms with van der Waals surface area (Å²) in [5.41, 5.74) is 0.713. The highest BCUT2D eigenvalue weighted by molar-refractivity contribution is 6.30. The topological polar surface area (TPSA) is 23.6 Å². The van der Waals surface area contributed by atoms with Gasteiger partial charge in [-0.25, -0.2) is 0 Å². The minimum Gasteiger partial charge on any atom is -0.339 e. The number of likely N-dealkylation sites (tertiary alicyclic amines) is 1. The van der Waals surface area contributed by atoms with Crippen LogP contribution >= 0.6 is 11.6 Å². The molecule has 2 rings (SSSR count). The maximum absolute atomic E-state index is 12.4. The van der Waals surface area contributed by atoms with E-state index >= 15 is 0 Å². The molecule has 0 unspecified atom stereocenters. The van der Waals surface area contributed by atoms with Crippen molar-refractivity contribution in [2.24, 2.45) is 0 Å². The number of halogens is 1. The fourth-order valence-corrected chi connectivity index (χ4v) is 2.71. The Balaban J connectivity index is 1.98. The molecule has 1 saturated heterocycles. The summed E-state index contributed by atoms with van der Waals surface area (Å²) in [7, 11) is 1.91. The first kappa shape index (κ1) is 14.4. The first-order valence-electron chi connectivity index (χ1n) is 6.87. The average Bonchev–Trinajstić information content (AvgIpc) is 2.46. The Hall–Kier alpha value is -1.06. The number of nitrogens with zero attached hydrogens (tertiary/aromatic N) is 2. The van der Waals surface area contributed by atoms with Gasteiger partial charge in [0.05, 0.1) is 0 Å². The van der Waals surface area contributed by atoms with E-state index in [1.54, 1.807) is 24.3 Å². The van der Waals surface area contributed by atoms with E-state index < -0.39 is 0 Å². The monoisotopic (exact) mass is 280 g/mol. The molecule has 1 aromatic rings. The molecule has 4 heteroatoms. The molecular weight excluding hydrogens is 260 g/mol. The Bertz CT molecular complexity index is 424. The molecule has 1 aliphatic rings. The van der Waals surface area contributed by atoms with Crippen molar-refractivity contribution >= 4 is 17.5 Å². The van der Waals surface area contributed by atoms with Crippen LogP contribution in [0.4, 0.5) is 0 Å². The SMILES string of the molecule is CCN1CCC(N(C)C(=O)c2ccc(Cl)cc2)CC1. The third kappa shape index (κ3) is 3.48. The normalized spacial score (nSPS) is 17.4. The van der Waals surface area contributed by atoms with Gasteiger partial charge in [-0.3, -0.25) is 4.79 Å². The molecule has 0 radical (unpaired) electrons. The van der Waals surface area contributed by atoms with E-state index in [0.717, 1.165) is 32.5 Å². The highest BCUT2D eigenvalue weighted by atomic mass is 35.5. The zero-order chi connectivity index (χ0) is 13.8. The van der Waals surface area contributed by atoms with Crippen molar-refractivity contribution in [1.82, 2.24) is 9.80 Å². The Morgan fingerprint density at radius 3 is 2.42 bits per heavy atom. The van der Waals surface area contributed by atoms with Gasteiger partial charge in [-0.1, -0.05) is 18.5 Å². The summed E-state index contributed by atoms with van der Waals surface area (Å²) in [4.78, 5) is 16.7. The minimum atomic E-state index is 0.0895. The number of carbonyl (C=O) groups is 1. The summed E-state index contributed by atoms with van der Waals surface area (Å²) in [6.07, 6.45) is 2.12. The van der Waals surface area contributed by atoms with Crippen molar-refractivity contribution in [2.75, 3.05) is 26.7 Å². The van der Waals surface area contributed by atoms with E-state index in [1.807, 2.05) is 11.9 Å². The zero-order valence-electron chi connectivity index (χ0n) is 11.6. The van der Waals surface area contributed by atoms with Gasteiger partial charge in [0, 0.05) is 36.8 Å². The molecule has 0 spiro atoms. The first-order valence-corrected chi connectivity index (χ1v) is 7.24. The number of benzene rings is 1. The van der Waals surface area contributed by atoms with Gasteiger partial charge < -0.3 is 9.80 Å². The third-order valence-corrected chi connectivity index (χ3v) is 4.22. The molecule has 19 heavy (non-hydrogen) atoms. The van der Waals surface area contributed by atoms with Gasteiger partial charge in [0.1, 0.15) is 0 Å². The molecule has 0 aromatic heterocycles. The minimum absolute atomic E-state index is 0.0895. The van der Waals surface area contributed by atoms with Crippen LogP contribution in [0.5, 0.6) is 0 Å². The smallest absolute Gasteiger partial charge is 0.253 e. The molecule has 1 heterocycles. The van der Waals surface area contributed by atoms with E-state index in [-0.39, 0.29) is 5.91 Å².